The van der Waals surface area contributed by atoms with Gasteiger partial charge in [-0.2, -0.15) is 0 Å². The van der Waals surface area contributed by atoms with Crippen LogP contribution in [0.2, 0.25) is 0 Å². The third kappa shape index (κ3) is 19.9. The second-order valence-corrected chi connectivity index (χ2v) is 46.4. The number of anilines is 4. The molecule has 0 fully saturated rings. The SMILES string of the molecule is CC(C)(C)C(=O)Nc1cccc(NC(=O)C(c2ccc(C(C)(C)C)cc2)(c2ccc(C(C)(C)C)cc2)c2ccc(C(C)(C)C)cc2)c1SSc1c(NC(=O)C(c2ccc(C(C)(C)C)cc2)(c2ccc(C(C)(C)C)cc2)c2ccc(C(C)(C)C)cc2)cccc1NC(=O)C(c1ccc(C(C)(C)C)cc1)(c1ccc(C(C)(C)C)cc1)c1ccc(C(C)(C)C)cc1. The monoisotopic (exact) mass is 1680 g/mol. The first kappa shape index (κ1) is 93.7. The van der Waals surface area contributed by atoms with E-state index < -0.39 is 21.7 Å². The second-order valence-electron chi connectivity index (χ2n) is 44.3. The van der Waals surface area contributed by atoms with Gasteiger partial charge in [-0.05, 0) is 195 Å². The first-order valence-corrected chi connectivity index (χ1v) is 45.9. The van der Waals surface area contributed by atoms with Crippen molar-refractivity contribution in [3.8, 4) is 0 Å². The maximum absolute atomic E-state index is 17.6. The molecule has 4 amide bonds. The van der Waals surface area contributed by atoms with Crippen LogP contribution in [0.1, 0.15) is 308 Å². The molecule has 0 saturated carbocycles. The number of carbonyl (C=O) groups excluding carboxylic acids is 4. The van der Waals surface area contributed by atoms with Crippen molar-refractivity contribution in [2.45, 2.75) is 282 Å². The second kappa shape index (κ2) is 34.5. The van der Waals surface area contributed by atoms with Gasteiger partial charge in [-0.15, -0.1) is 0 Å². The summed E-state index contributed by atoms with van der Waals surface area (Å²) in [6, 6.07) is 88.1. The number of amides is 4. The van der Waals surface area contributed by atoms with Crippen molar-refractivity contribution in [3.63, 3.8) is 0 Å². The lowest BCUT2D eigenvalue weighted by Gasteiger charge is -2.37. The van der Waals surface area contributed by atoms with Crippen LogP contribution in [-0.2, 0) is 84.2 Å². The highest BCUT2D eigenvalue weighted by atomic mass is 33.1. The summed E-state index contributed by atoms with van der Waals surface area (Å²) in [5.41, 5.74) is 11.2. The van der Waals surface area contributed by atoms with E-state index in [0.717, 1.165) is 100 Å². The fraction of sp³-hybridized carbons (Fsp3) is 0.381. The molecule has 11 aromatic carbocycles. The van der Waals surface area contributed by atoms with E-state index in [4.69, 9.17) is 0 Å². The Morgan fingerprint density at radius 1 is 0.171 bits per heavy atom. The average Bonchev–Trinajstić information content (AvgIpc) is 0.722. The van der Waals surface area contributed by atoms with Gasteiger partial charge in [0.1, 0.15) is 16.2 Å². The van der Waals surface area contributed by atoms with E-state index in [1.807, 2.05) is 57.2 Å². The Bertz CT molecular complexity index is 4960. The maximum Gasteiger partial charge on any atom is 0.244 e. The first-order chi connectivity index (χ1) is 56.9. The normalized spacial score (nSPS) is 13.2. The van der Waals surface area contributed by atoms with Gasteiger partial charge >= 0.3 is 0 Å². The molecule has 0 heterocycles. The molecule has 644 valence electrons. The maximum atomic E-state index is 17.6. The topological polar surface area (TPSA) is 116 Å². The minimum Gasteiger partial charge on any atom is -0.325 e. The zero-order chi connectivity index (χ0) is 90.6. The Labute approximate surface area is 746 Å². The molecule has 4 N–H and O–H groups in total. The van der Waals surface area contributed by atoms with Crippen molar-refractivity contribution in [1.29, 1.82) is 0 Å². The minimum atomic E-state index is -1.52. The summed E-state index contributed by atoms with van der Waals surface area (Å²) >= 11 is 0. The minimum absolute atomic E-state index is 0.200. The van der Waals surface area contributed by atoms with Gasteiger partial charge < -0.3 is 21.3 Å². The summed E-state index contributed by atoms with van der Waals surface area (Å²) in [5.74, 6) is -1.27. The summed E-state index contributed by atoms with van der Waals surface area (Å²) in [6.07, 6.45) is 0. The lowest BCUT2D eigenvalue weighted by atomic mass is 9.67. The van der Waals surface area contributed by atoms with E-state index in [1.165, 1.54) is 21.6 Å². The van der Waals surface area contributed by atoms with E-state index in [1.54, 1.807) is 0 Å². The molecule has 123 heavy (non-hydrogen) atoms. The van der Waals surface area contributed by atoms with Crippen molar-refractivity contribution in [1.82, 2.24) is 0 Å². The van der Waals surface area contributed by atoms with Gasteiger partial charge in [-0.1, -0.05) is 438 Å². The van der Waals surface area contributed by atoms with Crippen LogP contribution in [0.5, 0.6) is 0 Å². The Hall–Kier alpha value is -10.0. The Morgan fingerprint density at radius 3 is 0.398 bits per heavy atom. The summed E-state index contributed by atoms with van der Waals surface area (Å²) in [4.78, 5) is 68.5. The molecule has 0 radical (unpaired) electrons. The number of hydrogen-bond donors (Lipinski definition) is 4. The van der Waals surface area contributed by atoms with Gasteiger partial charge in [0.2, 0.25) is 23.6 Å². The molecule has 8 nitrogen and oxygen atoms in total. The van der Waals surface area contributed by atoms with Crippen molar-refractivity contribution in [2.75, 3.05) is 21.3 Å². The molecule has 10 heteroatoms. The van der Waals surface area contributed by atoms with Crippen molar-refractivity contribution in [2.24, 2.45) is 5.41 Å². The summed E-state index contributed by atoms with van der Waals surface area (Å²) < 4.78 is 0. The average molecular weight is 1680 g/mol. The van der Waals surface area contributed by atoms with E-state index in [2.05, 4.69) is 427 Å². The van der Waals surface area contributed by atoms with Crippen molar-refractivity contribution >= 4 is 68.0 Å². The Morgan fingerprint density at radius 2 is 0.285 bits per heavy atom. The van der Waals surface area contributed by atoms with Crippen LogP contribution < -0.4 is 21.3 Å². The highest BCUT2D eigenvalue weighted by Crippen LogP contribution is 2.54. The largest absolute Gasteiger partial charge is 0.325 e. The summed E-state index contributed by atoms with van der Waals surface area (Å²) in [6.45, 7) is 65.1. The third-order valence-electron chi connectivity index (χ3n) is 24.6. The molecule has 0 aliphatic heterocycles. The van der Waals surface area contributed by atoms with Crippen LogP contribution in [0, 0.1) is 5.41 Å². The number of carbonyl (C=O) groups is 4. The fourth-order valence-corrected chi connectivity index (χ4v) is 18.9. The Kier molecular flexibility index (Phi) is 26.3. The van der Waals surface area contributed by atoms with E-state index in [-0.39, 0.29) is 72.4 Å². The zero-order valence-electron chi connectivity index (χ0n) is 79.2. The smallest absolute Gasteiger partial charge is 0.244 e. The standard InChI is InChI=1S/C113H136N4O4S2/c1-101(2,3)73-37-55-82(56-38-73)111(83-57-39-74(40-58-83)102(4,5)6,84-59-41-75(42-60-84)103(7,8)9)98(119)115-92-34-31-33-91(114-97(118)110(28,29)30)95(92)122-123-96-93(116-99(120)112(85-61-43-76(44-62-85)104(10,11)12,86-63-45-77(46-64-86)105(13,14)15)87-65-47-78(48-66-87)106(16,17)18)35-32-36-94(96)117-100(121)113(88-67-49-79(50-68-88)107(19,20)21,89-69-51-80(52-70-89)108(22,23)24)90-71-53-81(54-72-90)109(25,26)27/h31-72H,1-30H3,(H,114,118)(H,115,119)(H,116,120)(H,117,121). The van der Waals surface area contributed by atoms with Crippen LogP contribution in [-0.4, -0.2) is 23.6 Å². The lowest BCUT2D eigenvalue weighted by Crippen LogP contribution is -2.43. The van der Waals surface area contributed by atoms with Crippen LogP contribution in [0.25, 0.3) is 0 Å². The van der Waals surface area contributed by atoms with Crippen molar-refractivity contribution < 1.29 is 19.2 Å². The molecule has 0 bridgehead atoms. The molecule has 11 aromatic rings. The van der Waals surface area contributed by atoms with Crippen LogP contribution in [0.4, 0.5) is 22.7 Å². The predicted molar refractivity (Wildman–Crippen MR) is 524 cm³/mol. The predicted octanol–water partition coefficient (Wildman–Crippen LogP) is 29.1. The van der Waals surface area contributed by atoms with E-state index in [9.17, 15) is 4.79 Å². The molecular formula is C113H136N4O4S2. The number of benzene rings is 11. The molecule has 11 rings (SSSR count). The summed E-state index contributed by atoms with van der Waals surface area (Å²) in [7, 11) is 2.63. The lowest BCUT2D eigenvalue weighted by molar-refractivity contribution is -0.123. The highest BCUT2D eigenvalue weighted by Gasteiger charge is 2.49. The van der Waals surface area contributed by atoms with E-state index >= 15 is 14.4 Å². The molecule has 0 aromatic heterocycles. The van der Waals surface area contributed by atoms with Gasteiger partial charge in [-0.25, -0.2) is 0 Å². The molecule has 0 atom stereocenters. The molecule has 0 aliphatic carbocycles. The van der Waals surface area contributed by atoms with Gasteiger partial charge in [0.25, 0.3) is 0 Å². The number of nitrogens with one attached hydrogen (secondary N) is 4. The first-order valence-electron chi connectivity index (χ1n) is 43.8. The van der Waals surface area contributed by atoms with Crippen molar-refractivity contribution in [3.05, 3.63) is 355 Å². The highest BCUT2D eigenvalue weighted by molar-refractivity contribution is 8.76. The van der Waals surface area contributed by atoms with Gasteiger partial charge in [0, 0.05) is 5.41 Å². The Balaban J connectivity index is 1.21. The quantitative estimate of drug-likeness (QED) is 0.0473. The third-order valence-corrected chi connectivity index (χ3v) is 27.1. The number of hydrogen-bond acceptors (Lipinski definition) is 6. The van der Waals surface area contributed by atoms with Gasteiger partial charge in [-0.3, -0.25) is 19.2 Å². The van der Waals surface area contributed by atoms with Gasteiger partial charge in [0.15, 0.2) is 0 Å². The molecule has 0 aliphatic rings. The zero-order valence-corrected chi connectivity index (χ0v) is 80.8. The molecular weight excluding hydrogens is 1540 g/mol. The fourth-order valence-electron chi connectivity index (χ4n) is 16.4. The summed E-state index contributed by atoms with van der Waals surface area (Å²) in [5, 5.41) is 14.4. The van der Waals surface area contributed by atoms with Gasteiger partial charge in [0.05, 0.1) is 32.5 Å². The molecule has 0 unspecified atom stereocenters. The van der Waals surface area contributed by atoms with Crippen LogP contribution in [0.3, 0.4) is 0 Å². The van der Waals surface area contributed by atoms with Crippen LogP contribution in [0.15, 0.2) is 265 Å². The number of rotatable bonds is 19. The molecule has 0 spiro atoms. The van der Waals surface area contributed by atoms with E-state index in [0.29, 0.717) is 32.5 Å². The van der Waals surface area contributed by atoms with Crippen LogP contribution >= 0.6 is 21.6 Å². The molecule has 0 saturated heterocycles.